The second-order valence-electron chi connectivity index (χ2n) is 6.67. The van der Waals surface area contributed by atoms with Gasteiger partial charge in [0.05, 0.1) is 20.6 Å². The lowest BCUT2D eigenvalue weighted by Crippen LogP contribution is -2.12. The van der Waals surface area contributed by atoms with Gasteiger partial charge in [-0.05, 0) is 50.5 Å². The Labute approximate surface area is 165 Å². The number of nitrogens with zero attached hydrogens (tertiary/aromatic N) is 1. The Hall–Kier alpha value is -2.51. The number of hydrogen-bond donors (Lipinski definition) is 2. The fourth-order valence-electron chi connectivity index (χ4n) is 2.78. The highest BCUT2D eigenvalue weighted by Crippen LogP contribution is 2.33. The molecule has 27 heavy (non-hydrogen) atoms. The van der Waals surface area contributed by atoms with Gasteiger partial charge >= 0.3 is 0 Å². The molecule has 1 aliphatic carbocycles. The third-order valence-corrected chi connectivity index (χ3v) is 6.28. The number of thiophene rings is 1. The zero-order valence-corrected chi connectivity index (χ0v) is 16.7. The highest BCUT2D eigenvalue weighted by atomic mass is 32.1. The van der Waals surface area contributed by atoms with Crippen LogP contribution in [0.3, 0.4) is 0 Å². The third-order valence-electron chi connectivity index (χ3n) is 4.35. The quantitative estimate of drug-likeness (QED) is 0.630. The molecule has 1 aliphatic rings. The maximum atomic E-state index is 12.7. The number of thiazole rings is 1. The summed E-state index contributed by atoms with van der Waals surface area (Å²) in [6, 6.07) is 9.52. The van der Waals surface area contributed by atoms with E-state index in [9.17, 15) is 9.59 Å². The number of amides is 2. The van der Waals surface area contributed by atoms with Crippen LogP contribution in [0.25, 0.3) is 11.3 Å². The summed E-state index contributed by atoms with van der Waals surface area (Å²) in [5, 5.41) is 9.60. The lowest BCUT2D eigenvalue weighted by molar-refractivity contribution is -0.117. The van der Waals surface area contributed by atoms with Gasteiger partial charge < -0.3 is 10.6 Å². The van der Waals surface area contributed by atoms with Crippen LogP contribution in [0, 0.1) is 19.8 Å². The van der Waals surface area contributed by atoms with Crippen molar-refractivity contribution in [2.75, 3.05) is 10.6 Å². The molecule has 138 valence electrons. The highest BCUT2D eigenvalue weighted by molar-refractivity contribution is 7.18. The normalized spacial score (nSPS) is 13.4. The first-order valence-corrected chi connectivity index (χ1v) is 10.4. The number of hydrogen-bond acceptors (Lipinski definition) is 5. The summed E-state index contributed by atoms with van der Waals surface area (Å²) in [6.45, 7) is 3.85. The van der Waals surface area contributed by atoms with Crippen molar-refractivity contribution in [2.24, 2.45) is 5.92 Å². The standard InChI is InChI=1S/C20H19N3O2S2/c1-11-8-17(23-19(24)13-6-7-13)27-18(11)20(25)22-15-5-3-4-14(9-15)16-10-26-12(2)21-16/h3-5,8-10,13H,6-7H2,1-2H3,(H,22,25)(H,23,24). The summed E-state index contributed by atoms with van der Waals surface area (Å²) in [5.74, 6) is 0.0206. The molecule has 7 heteroatoms. The monoisotopic (exact) mass is 397 g/mol. The largest absolute Gasteiger partial charge is 0.321 e. The van der Waals surface area contributed by atoms with Gasteiger partial charge in [-0.3, -0.25) is 9.59 Å². The molecule has 1 fully saturated rings. The van der Waals surface area contributed by atoms with Crippen LogP contribution >= 0.6 is 22.7 Å². The maximum absolute atomic E-state index is 12.7. The van der Waals surface area contributed by atoms with E-state index < -0.39 is 0 Å². The van der Waals surface area contributed by atoms with Gasteiger partial charge in [-0.25, -0.2) is 4.98 Å². The number of anilines is 2. The van der Waals surface area contributed by atoms with Gasteiger partial charge in [0, 0.05) is 22.5 Å². The number of nitrogens with one attached hydrogen (secondary N) is 2. The summed E-state index contributed by atoms with van der Waals surface area (Å²) >= 11 is 2.91. The van der Waals surface area contributed by atoms with E-state index in [1.165, 1.54) is 11.3 Å². The van der Waals surface area contributed by atoms with Gasteiger partial charge in [0.2, 0.25) is 5.91 Å². The summed E-state index contributed by atoms with van der Waals surface area (Å²) in [5.41, 5.74) is 3.46. The SMILES string of the molecule is Cc1nc(-c2cccc(NC(=O)c3sc(NC(=O)C4CC4)cc3C)c2)cs1. The number of benzene rings is 1. The molecule has 0 bridgehead atoms. The van der Waals surface area contributed by atoms with Crippen LogP contribution in [0.5, 0.6) is 0 Å². The van der Waals surface area contributed by atoms with E-state index in [1.54, 1.807) is 11.3 Å². The summed E-state index contributed by atoms with van der Waals surface area (Å²) < 4.78 is 0. The molecule has 0 radical (unpaired) electrons. The van der Waals surface area contributed by atoms with Gasteiger partial charge in [-0.15, -0.1) is 22.7 Å². The minimum Gasteiger partial charge on any atom is -0.321 e. The molecular formula is C20H19N3O2S2. The predicted octanol–water partition coefficient (Wildman–Crippen LogP) is 5.09. The molecule has 1 aromatic carbocycles. The lowest BCUT2D eigenvalue weighted by atomic mass is 10.1. The van der Waals surface area contributed by atoms with E-state index in [-0.39, 0.29) is 17.7 Å². The molecule has 1 saturated carbocycles. The van der Waals surface area contributed by atoms with Crippen LogP contribution in [-0.2, 0) is 4.79 Å². The molecule has 0 atom stereocenters. The second kappa shape index (κ2) is 7.25. The average Bonchev–Trinajstić information content (AvgIpc) is 3.31. The molecule has 3 aromatic rings. The Morgan fingerprint density at radius 1 is 1.15 bits per heavy atom. The Morgan fingerprint density at radius 2 is 1.96 bits per heavy atom. The molecule has 0 saturated heterocycles. The number of carbonyl (C=O) groups is 2. The summed E-state index contributed by atoms with van der Waals surface area (Å²) in [7, 11) is 0. The van der Waals surface area contributed by atoms with E-state index >= 15 is 0 Å². The average molecular weight is 398 g/mol. The van der Waals surface area contributed by atoms with Crippen LogP contribution < -0.4 is 10.6 Å². The molecule has 2 N–H and O–H groups in total. The Bertz CT molecular complexity index is 1020. The number of aromatic nitrogens is 1. The molecule has 0 aliphatic heterocycles. The topological polar surface area (TPSA) is 71.1 Å². The van der Waals surface area contributed by atoms with E-state index in [1.807, 2.05) is 49.6 Å². The molecule has 0 spiro atoms. The third kappa shape index (κ3) is 4.09. The van der Waals surface area contributed by atoms with Crippen molar-refractivity contribution >= 4 is 45.2 Å². The van der Waals surface area contributed by atoms with Crippen molar-refractivity contribution in [3.8, 4) is 11.3 Å². The van der Waals surface area contributed by atoms with Gasteiger partial charge in [-0.2, -0.15) is 0 Å². The zero-order chi connectivity index (χ0) is 19.0. The van der Waals surface area contributed by atoms with E-state index in [2.05, 4.69) is 15.6 Å². The molecule has 2 aromatic heterocycles. The van der Waals surface area contributed by atoms with Crippen LogP contribution in [0.15, 0.2) is 35.7 Å². The highest BCUT2D eigenvalue weighted by Gasteiger charge is 2.30. The number of aryl methyl sites for hydroxylation is 2. The molecule has 2 amide bonds. The van der Waals surface area contributed by atoms with Gasteiger partial charge in [0.15, 0.2) is 0 Å². The second-order valence-corrected chi connectivity index (χ2v) is 8.79. The van der Waals surface area contributed by atoms with Crippen molar-refractivity contribution in [2.45, 2.75) is 26.7 Å². The van der Waals surface area contributed by atoms with Crippen molar-refractivity contribution in [1.29, 1.82) is 0 Å². The van der Waals surface area contributed by atoms with E-state index in [0.717, 1.165) is 45.4 Å². The molecular weight excluding hydrogens is 378 g/mol. The first-order valence-electron chi connectivity index (χ1n) is 8.75. The summed E-state index contributed by atoms with van der Waals surface area (Å²) in [4.78, 5) is 29.7. The van der Waals surface area contributed by atoms with Gasteiger partial charge in [0.25, 0.3) is 5.91 Å². The minimum atomic E-state index is -0.170. The van der Waals surface area contributed by atoms with Crippen LogP contribution in [0.2, 0.25) is 0 Å². The fourth-order valence-corrected chi connectivity index (χ4v) is 4.37. The van der Waals surface area contributed by atoms with Crippen molar-refractivity contribution in [3.05, 3.63) is 51.2 Å². The molecule has 2 heterocycles. The van der Waals surface area contributed by atoms with Crippen molar-refractivity contribution in [1.82, 2.24) is 4.98 Å². The first-order chi connectivity index (χ1) is 13.0. The van der Waals surface area contributed by atoms with Gasteiger partial charge in [-0.1, -0.05) is 12.1 Å². The maximum Gasteiger partial charge on any atom is 0.266 e. The fraction of sp³-hybridized carbons (Fsp3) is 0.250. The molecule has 4 rings (SSSR count). The van der Waals surface area contributed by atoms with E-state index in [0.29, 0.717) is 4.88 Å². The zero-order valence-electron chi connectivity index (χ0n) is 15.0. The number of rotatable bonds is 5. The van der Waals surface area contributed by atoms with Crippen LogP contribution in [0.4, 0.5) is 10.7 Å². The van der Waals surface area contributed by atoms with E-state index in [4.69, 9.17) is 0 Å². The van der Waals surface area contributed by atoms with Crippen LogP contribution in [-0.4, -0.2) is 16.8 Å². The van der Waals surface area contributed by atoms with Crippen molar-refractivity contribution < 1.29 is 9.59 Å². The van der Waals surface area contributed by atoms with Gasteiger partial charge in [0.1, 0.15) is 0 Å². The predicted molar refractivity (Wildman–Crippen MR) is 111 cm³/mol. The van der Waals surface area contributed by atoms with Crippen LogP contribution in [0.1, 0.15) is 33.1 Å². The number of carbonyl (C=O) groups excluding carboxylic acids is 2. The minimum absolute atomic E-state index is 0.0504. The smallest absolute Gasteiger partial charge is 0.266 e. The van der Waals surface area contributed by atoms with Crippen molar-refractivity contribution in [3.63, 3.8) is 0 Å². The molecule has 0 unspecified atom stereocenters. The summed E-state index contributed by atoms with van der Waals surface area (Å²) in [6.07, 6.45) is 1.91. The Balaban J connectivity index is 1.49. The Kier molecular flexibility index (Phi) is 4.80. The lowest BCUT2D eigenvalue weighted by Gasteiger charge is -2.06. The molecule has 5 nitrogen and oxygen atoms in total. The first kappa shape index (κ1) is 17.9. The Morgan fingerprint density at radius 3 is 2.67 bits per heavy atom.